The lowest BCUT2D eigenvalue weighted by atomic mass is 10.3. The molecule has 19 heavy (non-hydrogen) atoms. The van der Waals surface area contributed by atoms with E-state index in [9.17, 15) is 13.2 Å². The normalized spacial score (nSPS) is 15.6. The number of hydrogen-bond donors (Lipinski definition) is 2. The molecule has 1 saturated heterocycles. The van der Waals surface area contributed by atoms with Crippen molar-refractivity contribution in [1.29, 1.82) is 0 Å². The number of halogens is 1. The summed E-state index contributed by atoms with van der Waals surface area (Å²) >= 11 is 5.89. The van der Waals surface area contributed by atoms with Gasteiger partial charge in [0.15, 0.2) is 9.84 Å². The highest BCUT2D eigenvalue weighted by molar-refractivity contribution is 7.91. The van der Waals surface area contributed by atoms with Gasteiger partial charge in [0, 0.05) is 19.6 Å². The van der Waals surface area contributed by atoms with Crippen LogP contribution in [0, 0.1) is 0 Å². The Labute approximate surface area is 116 Å². The first-order valence-electron chi connectivity index (χ1n) is 5.71. The predicted octanol–water partition coefficient (Wildman–Crippen LogP) is 0.721. The number of anilines is 1. The number of sulfone groups is 1. The Balaban J connectivity index is 2.16. The Morgan fingerprint density at radius 2 is 2.16 bits per heavy atom. The molecule has 1 heterocycles. The summed E-state index contributed by atoms with van der Waals surface area (Å²) in [6, 6.07) is 4.31. The highest BCUT2D eigenvalue weighted by Gasteiger charge is 2.25. The Hall–Kier alpha value is -1.47. The van der Waals surface area contributed by atoms with Gasteiger partial charge in [-0.3, -0.25) is 0 Å². The molecule has 0 atom stereocenters. The van der Waals surface area contributed by atoms with E-state index in [0.717, 1.165) is 0 Å². The summed E-state index contributed by atoms with van der Waals surface area (Å²) in [4.78, 5) is 12.7. The molecule has 1 aromatic carbocycles. The molecule has 0 unspecified atom stereocenters. The fourth-order valence-corrected chi connectivity index (χ4v) is 3.90. The van der Waals surface area contributed by atoms with Crippen LogP contribution in [0.4, 0.5) is 10.5 Å². The maximum absolute atomic E-state index is 12.2. The van der Waals surface area contributed by atoms with Crippen molar-refractivity contribution < 1.29 is 13.2 Å². The topological polar surface area (TPSA) is 92.5 Å². The van der Waals surface area contributed by atoms with Crippen molar-refractivity contribution in [3.8, 4) is 0 Å². The minimum atomic E-state index is -3.61. The fraction of sp³-hybridized carbons (Fsp3) is 0.364. The first-order chi connectivity index (χ1) is 8.92. The molecule has 1 aromatic rings. The summed E-state index contributed by atoms with van der Waals surface area (Å²) in [7, 11) is -3.61. The number of rotatable bonds is 4. The van der Waals surface area contributed by atoms with Crippen molar-refractivity contribution in [2.75, 3.05) is 31.1 Å². The van der Waals surface area contributed by atoms with Crippen molar-refractivity contribution in [3.05, 3.63) is 23.2 Å². The maximum atomic E-state index is 12.2. The molecule has 104 valence electrons. The molecule has 0 bridgehead atoms. The van der Waals surface area contributed by atoms with Gasteiger partial charge in [0.25, 0.3) is 0 Å². The third kappa shape index (κ3) is 2.93. The summed E-state index contributed by atoms with van der Waals surface area (Å²) in [5.41, 5.74) is 5.79. The van der Waals surface area contributed by atoms with Gasteiger partial charge in [0.05, 0.1) is 16.5 Å². The van der Waals surface area contributed by atoms with E-state index in [0.29, 0.717) is 13.1 Å². The van der Waals surface area contributed by atoms with Crippen molar-refractivity contribution >= 4 is 33.2 Å². The van der Waals surface area contributed by atoms with Crippen LogP contribution >= 0.6 is 11.6 Å². The molecule has 1 fully saturated rings. The van der Waals surface area contributed by atoms with E-state index in [2.05, 4.69) is 5.32 Å². The molecule has 0 saturated carbocycles. The molecule has 1 aliphatic heterocycles. The van der Waals surface area contributed by atoms with Crippen molar-refractivity contribution in [2.45, 2.75) is 4.90 Å². The molecule has 0 aromatic heterocycles. The Bertz CT molecular complexity index is 583. The van der Waals surface area contributed by atoms with Gasteiger partial charge in [-0.05, 0) is 12.1 Å². The Morgan fingerprint density at radius 1 is 1.42 bits per heavy atom. The molecule has 6 nitrogen and oxygen atoms in total. The molecule has 0 radical (unpaired) electrons. The van der Waals surface area contributed by atoms with Gasteiger partial charge >= 0.3 is 6.03 Å². The van der Waals surface area contributed by atoms with Crippen molar-refractivity contribution in [3.63, 3.8) is 0 Å². The zero-order valence-electron chi connectivity index (χ0n) is 10.1. The SMILES string of the molecule is Nc1cccc(Cl)c1S(=O)(=O)CCN1CCNC1=O. The van der Waals surface area contributed by atoms with E-state index in [-0.39, 0.29) is 33.9 Å². The molecule has 3 N–H and O–H groups in total. The van der Waals surface area contributed by atoms with Gasteiger partial charge in [-0.1, -0.05) is 17.7 Å². The van der Waals surface area contributed by atoms with Gasteiger partial charge in [-0.2, -0.15) is 0 Å². The Kier molecular flexibility index (Phi) is 3.86. The molecule has 2 rings (SSSR count). The molecular formula is C11H14ClN3O3S. The number of carbonyl (C=O) groups excluding carboxylic acids is 1. The van der Waals surface area contributed by atoms with E-state index in [4.69, 9.17) is 17.3 Å². The molecule has 0 aliphatic carbocycles. The van der Waals surface area contributed by atoms with Gasteiger partial charge in [-0.15, -0.1) is 0 Å². The van der Waals surface area contributed by atoms with Crippen LogP contribution in [0.25, 0.3) is 0 Å². The maximum Gasteiger partial charge on any atom is 0.317 e. The van der Waals surface area contributed by atoms with Crippen molar-refractivity contribution in [2.24, 2.45) is 0 Å². The number of nitrogen functional groups attached to an aromatic ring is 1. The van der Waals surface area contributed by atoms with Crippen LogP contribution in [0.3, 0.4) is 0 Å². The average molecular weight is 304 g/mol. The molecular weight excluding hydrogens is 290 g/mol. The van der Waals surface area contributed by atoms with Crippen LogP contribution in [0.5, 0.6) is 0 Å². The van der Waals surface area contributed by atoms with E-state index in [1.807, 2.05) is 0 Å². The number of nitrogens with two attached hydrogens (primary N) is 1. The van der Waals surface area contributed by atoms with Crippen LogP contribution in [0.15, 0.2) is 23.1 Å². The van der Waals surface area contributed by atoms with Crippen LogP contribution in [-0.4, -0.2) is 44.7 Å². The lowest BCUT2D eigenvalue weighted by molar-refractivity contribution is 0.220. The monoisotopic (exact) mass is 303 g/mol. The smallest absolute Gasteiger partial charge is 0.317 e. The molecule has 1 aliphatic rings. The summed E-state index contributed by atoms with van der Waals surface area (Å²) in [5.74, 6) is -0.200. The van der Waals surface area contributed by atoms with Crippen LogP contribution in [-0.2, 0) is 9.84 Å². The first-order valence-corrected chi connectivity index (χ1v) is 7.74. The van der Waals surface area contributed by atoms with Gasteiger partial charge in [-0.25, -0.2) is 13.2 Å². The average Bonchev–Trinajstić information content (AvgIpc) is 2.72. The second kappa shape index (κ2) is 5.26. The van der Waals surface area contributed by atoms with E-state index >= 15 is 0 Å². The second-order valence-electron chi connectivity index (χ2n) is 4.20. The van der Waals surface area contributed by atoms with Gasteiger partial charge < -0.3 is 16.0 Å². The minimum absolute atomic E-state index is 0.0590. The lowest BCUT2D eigenvalue weighted by Gasteiger charge is -2.15. The zero-order valence-corrected chi connectivity index (χ0v) is 11.7. The lowest BCUT2D eigenvalue weighted by Crippen LogP contribution is -2.32. The minimum Gasteiger partial charge on any atom is -0.398 e. The number of nitrogens with zero attached hydrogens (tertiary/aromatic N) is 1. The molecule has 0 spiro atoms. The third-order valence-corrected chi connectivity index (χ3v) is 5.11. The number of nitrogens with one attached hydrogen (secondary N) is 1. The summed E-state index contributed by atoms with van der Waals surface area (Å²) < 4.78 is 24.4. The molecule has 8 heteroatoms. The number of carbonyl (C=O) groups is 1. The largest absolute Gasteiger partial charge is 0.398 e. The second-order valence-corrected chi connectivity index (χ2v) is 6.65. The standard InChI is InChI=1S/C11H14ClN3O3S/c12-8-2-1-3-9(13)10(8)19(17,18)7-6-15-5-4-14-11(15)16/h1-3H,4-7,13H2,(H,14,16). The van der Waals surface area contributed by atoms with Crippen LogP contribution in [0.1, 0.15) is 0 Å². The fourth-order valence-electron chi connectivity index (χ4n) is 1.91. The van der Waals surface area contributed by atoms with E-state index in [1.54, 1.807) is 6.07 Å². The van der Waals surface area contributed by atoms with Crippen molar-refractivity contribution in [1.82, 2.24) is 10.2 Å². The van der Waals surface area contributed by atoms with E-state index < -0.39 is 9.84 Å². The summed E-state index contributed by atoms with van der Waals surface area (Å²) in [6.07, 6.45) is 0. The van der Waals surface area contributed by atoms with Crippen LogP contribution < -0.4 is 11.1 Å². The van der Waals surface area contributed by atoms with E-state index in [1.165, 1.54) is 17.0 Å². The number of benzene rings is 1. The predicted molar refractivity (Wildman–Crippen MR) is 72.9 cm³/mol. The number of urea groups is 1. The number of hydrogen-bond acceptors (Lipinski definition) is 4. The zero-order chi connectivity index (χ0) is 14.0. The number of amides is 2. The summed E-state index contributed by atoms with van der Waals surface area (Å²) in [5, 5.41) is 2.71. The van der Waals surface area contributed by atoms with Gasteiger partial charge in [0.1, 0.15) is 4.90 Å². The molecule has 2 amide bonds. The first kappa shape index (κ1) is 14.0. The highest BCUT2D eigenvalue weighted by atomic mass is 35.5. The summed E-state index contributed by atoms with van der Waals surface area (Å²) in [6.45, 7) is 1.16. The highest BCUT2D eigenvalue weighted by Crippen LogP contribution is 2.28. The third-order valence-electron chi connectivity index (χ3n) is 2.88. The quantitative estimate of drug-likeness (QED) is 0.802. The Morgan fingerprint density at radius 3 is 2.74 bits per heavy atom. The van der Waals surface area contributed by atoms with Gasteiger partial charge in [0.2, 0.25) is 0 Å². The van der Waals surface area contributed by atoms with Crippen LogP contribution in [0.2, 0.25) is 5.02 Å².